The van der Waals surface area contributed by atoms with E-state index in [1.807, 2.05) is 0 Å². The molecule has 0 amide bonds. The quantitative estimate of drug-likeness (QED) is 0.155. The van der Waals surface area contributed by atoms with Crippen molar-refractivity contribution in [2.45, 2.75) is 0 Å². The molecule has 8 aromatic carbocycles. The van der Waals surface area contributed by atoms with Crippen molar-refractivity contribution in [1.29, 1.82) is 0 Å². The van der Waals surface area contributed by atoms with Gasteiger partial charge in [-0.3, -0.25) is 0 Å². The Balaban J connectivity index is 1.10. The lowest BCUT2D eigenvalue weighted by Gasteiger charge is -2.28. The van der Waals surface area contributed by atoms with Gasteiger partial charge in [-0.15, -0.1) is 0 Å². The summed E-state index contributed by atoms with van der Waals surface area (Å²) in [5, 5.41) is 0. The van der Waals surface area contributed by atoms with E-state index in [4.69, 9.17) is 0 Å². The normalized spacial score (nSPS) is 10.8. The predicted molar refractivity (Wildman–Crippen MR) is 212 cm³/mol. The zero-order valence-electron chi connectivity index (χ0n) is 27.7. The van der Waals surface area contributed by atoms with Crippen molar-refractivity contribution in [1.82, 2.24) is 0 Å². The SMILES string of the molecule is c1ccc(-c2ccc(-c3ccc(N(c4ccccc4)c4ccc(N(c5ccccc5)c5ccc(-c6ccccc6)cc5)cc4)cc3)cc2)cc1. The van der Waals surface area contributed by atoms with Crippen LogP contribution in [-0.4, -0.2) is 0 Å². The van der Waals surface area contributed by atoms with Crippen molar-refractivity contribution in [3.05, 3.63) is 218 Å². The third-order valence-corrected chi connectivity index (χ3v) is 9.08. The molecule has 0 saturated carbocycles. The third kappa shape index (κ3) is 6.56. The minimum absolute atomic E-state index is 1.09. The Morgan fingerprint density at radius 3 is 0.620 bits per heavy atom. The molecule has 2 heteroatoms. The van der Waals surface area contributed by atoms with Crippen molar-refractivity contribution >= 4 is 34.1 Å². The van der Waals surface area contributed by atoms with Crippen LogP contribution in [0.2, 0.25) is 0 Å². The maximum Gasteiger partial charge on any atom is 0.0463 e. The van der Waals surface area contributed by atoms with E-state index < -0.39 is 0 Å². The summed E-state index contributed by atoms with van der Waals surface area (Å²) < 4.78 is 0. The Hall–Kier alpha value is -6.64. The summed E-state index contributed by atoms with van der Waals surface area (Å²) in [5.41, 5.74) is 13.9. The summed E-state index contributed by atoms with van der Waals surface area (Å²) in [6.07, 6.45) is 0. The Bertz CT molecular complexity index is 2250. The first kappa shape index (κ1) is 30.7. The van der Waals surface area contributed by atoms with Gasteiger partial charge in [0, 0.05) is 34.1 Å². The number of nitrogens with zero attached hydrogens (tertiary/aromatic N) is 2. The standard InChI is InChI=1S/C48H36N2/c1-5-13-37(14-6-1)39-21-23-40(24-22-39)42-27-31-46(32-28-42)50(44-19-11-4-12-20-44)48-35-33-47(34-36-48)49(43-17-9-3-10-18-43)45-29-25-41(26-30-45)38-15-7-2-8-16-38/h1-36H. The molecule has 0 N–H and O–H groups in total. The summed E-state index contributed by atoms with van der Waals surface area (Å²) in [6, 6.07) is 77.5. The smallest absolute Gasteiger partial charge is 0.0463 e. The van der Waals surface area contributed by atoms with Gasteiger partial charge in [0.25, 0.3) is 0 Å². The molecule has 0 saturated heterocycles. The Morgan fingerprint density at radius 2 is 0.340 bits per heavy atom. The fourth-order valence-electron chi connectivity index (χ4n) is 6.52. The van der Waals surface area contributed by atoms with E-state index in [1.54, 1.807) is 0 Å². The van der Waals surface area contributed by atoms with Crippen LogP contribution in [0.15, 0.2) is 218 Å². The second-order valence-corrected chi connectivity index (χ2v) is 12.3. The van der Waals surface area contributed by atoms with Crippen LogP contribution in [0.3, 0.4) is 0 Å². The molecule has 0 aromatic heterocycles. The first-order chi connectivity index (χ1) is 24.8. The molecule has 0 spiro atoms. The molecule has 0 heterocycles. The maximum absolute atomic E-state index is 2.31. The zero-order chi connectivity index (χ0) is 33.5. The second kappa shape index (κ2) is 14.2. The average Bonchev–Trinajstić information content (AvgIpc) is 3.21. The molecule has 8 rings (SSSR count). The van der Waals surface area contributed by atoms with Crippen molar-refractivity contribution in [2.24, 2.45) is 0 Å². The van der Waals surface area contributed by atoms with Gasteiger partial charge in [-0.25, -0.2) is 0 Å². The van der Waals surface area contributed by atoms with Crippen LogP contribution < -0.4 is 9.80 Å². The lowest BCUT2D eigenvalue weighted by Crippen LogP contribution is -2.12. The van der Waals surface area contributed by atoms with Gasteiger partial charge < -0.3 is 9.80 Å². The molecule has 2 nitrogen and oxygen atoms in total. The van der Waals surface area contributed by atoms with Crippen LogP contribution in [0.4, 0.5) is 34.1 Å². The van der Waals surface area contributed by atoms with E-state index in [0.717, 1.165) is 34.1 Å². The minimum atomic E-state index is 1.09. The van der Waals surface area contributed by atoms with Crippen molar-refractivity contribution in [3.8, 4) is 33.4 Å². The Labute approximate surface area is 294 Å². The number of para-hydroxylation sites is 2. The van der Waals surface area contributed by atoms with E-state index in [2.05, 4.69) is 228 Å². The monoisotopic (exact) mass is 640 g/mol. The van der Waals surface area contributed by atoms with E-state index in [9.17, 15) is 0 Å². The van der Waals surface area contributed by atoms with Crippen LogP contribution in [0.1, 0.15) is 0 Å². The van der Waals surface area contributed by atoms with Gasteiger partial charge in [-0.1, -0.05) is 146 Å². The zero-order valence-corrected chi connectivity index (χ0v) is 27.7. The molecule has 0 aliphatic carbocycles. The van der Waals surface area contributed by atoms with E-state index in [0.29, 0.717) is 0 Å². The summed E-state index contributed by atoms with van der Waals surface area (Å²) in [7, 11) is 0. The number of hydrogen-bond donors (Lipinski definition) is 0. The van der Waals surface area contributed by atoms with E-state index >= 15 is 0 Å². The lowest BCUT2D eigenvalue weighted by molar-refractivity contribution is 1.26. The highest BCUT2D eigenvalue weighted by Crippen LogP contribution is 2.40. The molecule has 0 radical (unpaired) electrons. The topological polar surface area (TPSA) is 6.48 Å². The Kier molecular flexibility index (Phi) is 8.73. The van der Waals surface area contributed by atoms with Crippen molar-refractivity contribution < 1.29 is 0 Å². The molecule has 8 aromatic rings. The highest BCUT2D eigenvalue weighted by molar-refractivity contribution is 5.83. The second-order valence-electron chi connectivity index (χ2n) is 12.3. The molecular weight excluding hydrogens is 605 g/mol. The van der Waals surface area contributed by atoms with Gasteiger partial charge in [-0.05, 0) is 106 Å². The number of anilines is 6. The van der Waals surface area contributed by atoms with Gasteiger partial charge in [0.2, 0.25) is 0 Å². The van der Waals surface area contributed by atoms with Crippen LogP contribution in [0.5, 0.6) is 0 Å². The summed E-state index contributed by atoms with van der Waals surface area (Å²) >= 11 is 0. The maximum atomic E-state index is 2.31. The summed E-state index contributed by atoms with van der Waals surface area (Å²) in [4.78, 5) is 4.62. The minimum Gasteiger partial charge on any atom is -0.311 e. The fraction of sp³-hybridized carbons (Fsp3) is 0. The largest absolute Gasteiger partial charge is 0.311 e. The summed E-state index contributed by atoms with van der Waals surface area (Å²) in [5.74, 6) is 0. The lowest BCUT2D eigenvalue weighted by atomic mass is 10.00. The molecule has 0 unspecified atom stereocenters. The molecule has 238 valence electrons. The van der Waals surface area contributed by atoms with Gasteiger partial charge in [0.15, 0.2) is 0 Å². The van der Waals surface area contributed by atoms with E-state index in [-0.39, 0.29) is 0 Å². The van der Waals surface area contributed by atoms with Gasteiger partial charge in [0.1, 0.15) is 0 Å². The highest BCUT2D eigenvalue weighted by Gasteiger charge is 2.16. The Morgan fingerprint density at radius 1 is 0.160 bits per heavy atom. The van der Waals surface area contributed by atoms with Crippen LogP contribution >= 0.6 is 0 Å². The van der Waals surface area contributed by atoms with Crippen LogP contribution in [-0.2, 0) is 0 Å². The fourth-order valence-corrected chi connectivity index (χ4v) is 6.52. The molecule has 0 aliphatic rings. The molecular formula is C48H36N2. The van der Waals surface area contributed by atoms with Crippen molar-refractivity contribution in [2.75, 3.05) is 9.80 Å². The van der Waals surface area contributed by atoms with Gasteiger partial charge >= 0.3 is 0 Å². The highest BCUT2D eigenvalue weighted by atomic mass is 15.2. The van der Waals surface area contributed by atoms with Crippen molar-refractivity contribution in [3.63, 3.8) is 0 Å². The molecule has 0 bridgehead atoms. The summed E-state index contributed by atoms with van der Waals surface area (Å²) in [6.45, 7) is 0. The average molecular weight is 641 g/mol. The molecule has 50 heavy (non-hydrogen) atoms. The van der Waals surface area contributed by atoms with E-state index in [1.165, 1.54) is 33.4 Å². The number of benzene rings is 8. The van der Waals surface area contributed by atoms with Gasteiger partial charge in [0.05, 0.1) is 0 Å². The van der Waals surface area contributed by atoms with Crippen LogP contribution in [0.25, 0.3) is 33.4 Å². The number of rotatable bonds is 9. The molecule has 0 aliphatic heterocycles. The predicted octanol–water partition coefficient (Wildman–Crippen LogP) is 13.6. The number of hydrogen-bond acceptors (Lipinski definition) is 2. The molecule has 0 atom stereocenters. The first-order valence-electron chi connectivity index (χ1n) is 17.0. The van der Waals surface area contributed by atoms with Crippen LogP contribution in [0, 0.1) is 0 Å². The third-order valence-electron chi connectivity index (χ3n) is 9.08. The van der Waals surface area contributed by atoms with Gasteiger partial charge in [-0.2, -0.15) is 0 Å². The molecule has 0 fully saturated rings. The first-order valence-corrected chi connectivity index (χ1v) is 17.0.